The van der Waals surface area contributed by atoms with Crippen LogP contribution in [0.2, 0.25) is 0 Å². The molecule has 5 nitrogen and oxygen atoms in total. The molecule has 1 aromatic carbocycles. The number of nitrogens with zero attached hydrogens (tertiary/aromatic N) is 1. The average Bonchev–Trinajstić information content (AvgIpc) is 2.67. The number of nitriles is 1. The van der Waals surface area contributed by atoms with E-state index < -0.39 is 6.04 Å². The Bertz CT molecular complexity index is 733. The van der Waals surface area contributed by atoms with Gasteiger partial charge in [-0.15, -0.1) is 0 Å². The van der Waals surface area contributed by atoms with Crippen molar-refractivity contribution >= 4 is 11.8 Å². The van der Waals surface area contributed by atoms with E-state index in [1.54, 1.807) is 0 Å². The van der Waals surface area contributed by atoms with Crippen molar-refractivity contribution in [1.82, 2.24) is 10.6 Å². The molecule has 2 amide bonds. The molecule has 4 aliphatic carbocycles. The standard InChI is InChI=1S/C23H29N3O2/c24-15-20(11-16-4-2-1-3-5-16)26-21(27)6-7-25-22(28)23-12-17-8-18(13-23)10-19(9-17)14-23/h1-5,17-20H,6-14H2,(H,25,28)(H,26,27)/t17?,18?,19?,20-,23?/m1/s1. The van der Waals surface area contributed by atoms with Crippen molar-refractivity contribution in [2.75, 3.05) is 6.54 Å². The zero-order valence-electron chi connectivity index (χ0n) is 16.3. The fourth-order valence-electron chi connectivity index (χ4n) is 6.11. The topological polar surface area (TPSA) is 82.0 Å². The molecular formula is C23H29N3O2. The van der Waals surface area contributed by atoms with Crippen molar-refractivity contribution in [2.24, 2.45) is 23.2 Å². The van der Waals surface area contributed by atoms with E-state index in [1.807, 2.05) is 30.3 Å². The SMILES string of the molecule is N#C[C@@H](Cc1ccccc1)NC(=O)CCNC(=O)C12CC3CC(CC(C3)C1)C2. The van der Waals surface area contributed by atoms with Crippen molar-refractivity contribution in [3.8, 4) is 6.07 Å². The van der Waals surface area contributed by atoms with Gasteiger partial charge in [-0.1, -0.05) is 30.3 Å². The summed E-state index contributed by atoms with van der Waals surface area (Å²) in [5, 5.41) is 15.1. The predicted molar refractivity (Wildman–Crippen MR) is 106 cm³/mol. The lowest BCUT2D eigenvalue weighted by Gasteiger charge is -2.55. The summed E-state index contributed by atoms with van der Waals surface area (Å²) in [5.41, 5.74) is 0.845. The van der Waals surface area contributed by atoms with Gasteiger partial charge in [0.15, 0.2) is 0 Å². The first-order valence-corrected chi connectivity index (χ1v) is 10.6. The van der Waals surface area contributed by atoms with Crippen LogP contribution in [0, 0.1) is 34.5 Å². The van der Waals surface area contributed by atoms with Gasteiger partial charge in [0.05, 0.1) is 6.07 Å². The maximum absolute atomic E-state index is 12.9. The van der Waals surface area contributed by atoms with Gasteiger partial charge in [-0.3, -0.25) is 9.59 Å². The number of carbonyl (C=O) groups is 2. The van der Waals surface area contributed by atoms with Crippen LogP contribution in [0.25, 0.3) is 0 Å². The second-order valence-electron chi connectivity index (χ2n) is 9.14. The van der Waals surface area contributed by atoms with E-state index in [4.69, 9.17) is 0 Å². The summed E-state index contributed by atoms with van der Waals surface area (Å²) >= 11 is 0. The van der Waals surface area contributed by atoms with Gasteiger partial charge in [0.25, 0.3) is 0 Å². The Morgan fingerprint density at radius 2 is 1.68 bits per heavy atom. The molecule has 1 aromatic rings. The Morgan fingerprint density at radius 3 is 2.25 bits per heavy atom. The van der Waals surface area contributed by atoms with E-state index in [9.17, 15) is 14.9 Å². The maximum atomic E-state index is 12.9. The van der Waals surface area contributed by atoms with E-state index in [2.05, 4.69) is 16.7 Å². The molecule has 28 heavy (non-hydrogen) atoms. The maximum Gasteiger partial charge on any atom is 0.226 e. The van der Waals surface area contributed by atoms with E-state index >= 15 is 0 Å². The molecule has 5 rings (SSSR count). The summed E-state index contributed by atoms with van der Waals surface area (Å²) in [5.74, 6) is 2.16. The normalized spacial score (nSPS) is 31.0. The summed E-state index contributed by atoms with van der Waals surface area (Å²) in [7, 11) is 0. The summed E-state index contributed by atoms with van der Waals surface area (Å²) in [6.07, 6.45) is 7.73. The summed E-state index contributed by atoms with van der Waals surface area (Å²) < 4.78 is 0. The van der Waals surface area contributed by atoms with Gasteiger partial charge in [0, 0.05) is 24.8 Å². The Balaban J connectivity index is 1.23. The third-order valence-electron chi connectivity index (χ3n) is 6.93. The molecule has 0 aromatic heterocycles. The highest BCUT2D eigenvalue weighted by Gasteiger charge is 2.54. The molecule has 0 radical (unpaired) electrons. The Labute approximate surface area is 166 Å². The quantitative estimate of drug-likeness (QED) is 0.764. The predicted octanol–water partition coefficient (Wildman–Crippen LogP) is 2.96. The van der Waals surface area contributed by atoms with Crippen LogP contribution >= 0.6 is 0 Å². The molecule has 148 valence electrons. The zero-order valence-corrected chi connectivity index (χ0v) is 16.3. The highest BCUT2D eigenvalue weighted by Crippen LogP contribution is 2.60. The third-order valence-corrected chi connectivity index (χ3v) is 6.93. The summed E-state index contributed by atoms with van der Waals surface area (Å²) in [6.45, 7) is 0.343. The number of hydrogen-bond acceptors (Lipinski definition) is 3. The van der Waals surface area contributed by atoms with Gasteiger partial charge in [-0.25, -0.2) is 0 Å². The molecule has 1 atom stereocenters. The largest absolute Gasteiger partial charge is 0.355 e. The van der Waals surface area contributed by atoms with Crippen molar-refractivity contribution in [3.05, 3.63) is 35.9 Å². The summed E-state index contributed by atoms with van der Waals surface area (Å²) in [6, 6.07) is 11.3. The van der Waals surface area contributed by atoms with Crippen LogP contribution in [0.1, 0.15) is 50.5 Å². The van der Waals surface area contributed by atoms with E-state index in [0.29, 0.717) is 13.0 Å². The molecule has 4 fully saturated rings. The van der Waals surface area contributed by atoms with Crippen LogP contribution in [0.4, 0.5) is 0 Å². The zero-order chi connectivity index (χ0) is 19.6. The lowest BCUT2D eigenvalue weighted by atomic mass is 9.49. The molecular weight excluding hydrogens is 350 g/mol. The molecule has 5 heteroatoms. The van der Waals surface area contributed by atoms with Gasteiger partial charge in [-0.2, -0.15) is 5.26 Å². The summed E-state index contributed by atoms with van der Waals surface area (Å²) in [4.78, 5) is 25.1. The van der Waals surface area contributed by atoms with Crippen LogP contribution in [-0.4, -0.2) is 24.4 Å². The smallest absolute Gasteiger partial charge is 0.226 e. The van der Waals surface area contributed by atoms with Gasteiger partial charge in [0.2, 0.25) is 11.8 Å². The van der Waals surface area contributed by atoms with Crippen LogP contribution in [0.3, 0.4) is 0 Å². The van der Waals surface area contributed by atoms with Gasteiger partial charge in [-0.05, 0) is 61.8 Å². The monoisotopic (exact) mass is 379 g/mol. The Hall–Kier alpha value is -2.35. The Morgan fingerprint density at radius 1 is 1.07 bits per heavy atom. The van der Waals surface area contributed by atoms with Crippen molar-refractivity contribution < 1.29 is 9.59 Å². The average molecular weight is 380 g/mol. The fourth-order valence-corrected chi connectivity index (χ4v) is 6.11. The second kappa shape index (κ2) is 7.95. The first kappa shape index (κ1) is 19.0. The van der Waals surface area contributed by atoms with E-state index in [0.717, 1.165) is 42.6 Å². The van der Waals surface area contributed by atoms with E-state index in [-0.39, 0.29) is 23.7 Å². The first-order chi connectivity index (χ1) is 13.6. The highest BCUT2D eigenvalue weighted by molar-refractivity contribution is 5.84. The number of rotatable bonds is 7. The Kier molecular flexibility index (Phi) is 5.39. The number of nitrogens with one attached hydrogen (secondary N) is 2. The van der Waals surface area contributed by atoms with Crippen LogP contribution < -0.4 is 10.6 Å². The van der Waals surface area contributed by atoms with Crippen molar-refractivity contribution in [1.29, 1.82) is 5.26 Å². The fraction of sp³-hybridized carbons (Fsp3) is 0.609. The molecule has 4 aliphatic rings. The van der Waals surface area contributed by atoms with Gasteiger partial charge < -0.3 is 10.6 Å². The van der Waals surface area contributed by atoms with Crippen LogP contribution in [-0.2, 0) is 16.0 Å². The molecule has 4 bridgehead atoms. The molecule has 2 N–H and O–H groups in total. The van der Waals surface area contributed by atoms with Gasteiger partial charge >= 0.3 is 0 Å². The first-order valence-electron chi connectivity index (χ1n) is 10.6. The number of amides is 2. The molecule has 4 saturated carbocycles. The van der Waals surface area contributed by atoms with Crippen LogP contribution in [0.15, 0.2) is 30.3 Å². The lowest BCUT2D eigenvalue weighted by molar-refractivity contribution is -0.146. The highest BCUT2D eigenvalue weighted by atomic mass is 16.2. The third kappa shape index (κ3) is 4.06. The lowest BCUT2D eigenvalue weighted by Crippen LogP contribution is -2.53. The minimum atomic E-state index is -0.547. The van der Waals surface area contributed by atoms with Crippen LogP contribution in [0.5, 0.6) is 0 Å². The van der Waals surface area contributed by atoms with E-state index in [1.165, 1.54) is 19.3 Å². The molecule has 0 heterocycles. The molecule has 0 spiro atoms. The van der Waals surface area contributed by atoms with Gasteiger partial charge in [0.1, 0.15) is 6.04 Å². The number of carbonyl (C=O) groups excluding carboxylic acids is 2. The second-order valence-corrected chi connectivity index (χ2v) is 9.14. The number of benzene rings is 1. The number of hydrogen-bond donors (Lipinski definition) is 2. The minimum Gasteiger partial charge on any atom is -0.355 e. The van der Waals surface area contributed by atoms with Crippen molar-refractivity contribution in [3.63, 3.8) is 0 Å². The minimum absolute atomic E-state index is 0.153. The van der Waals surface area contributed by atoms with Crippen molar-refractivity contribution in [2.45, 2.75) is 57.4 Å². The molecule has 0 unspecified atom stereocenters. The molecule has 0 aliphatic heterocycles. The molecule has 0 saturated heterocycles.